The van der Waals surface area contributed by atoms with Crippen LogP contribution in [0.25, 0.3) is 42.4 Å². The summed E-state index contributed by atoms with van der Waals surface area (Å²) in [5.41, 5.74) is 5.77. The van der Waals surface area contributed by atoms with E-state index >= 15 is 0 Å². The van der Waals surface area contributed by atoms with Crippen molar-refractivity contribution >= 4 is 65.1 Å². The predicted molar refractivity (Wildman–Crippen MR) is 87.2 cm³/mol. The van der Waals surface area contributed by atoms with Gasteiger partial charge in [0.05, 0.1) is 0 Å². The zero-order valence-electron chi connectivity index (χ0n) is 9.94. The zero-order valence-corrected chi connectivity index (χ0v) is 11.6. The van der Waals surface area contributed by atoms with Gasteiger partial charge in [0.15, 0.2) is 0 Å². The van der Waals surface area contributed by atoms with Crippen molar-refractivity contribution in [2.45, 2.75) is 0 Å². The van der Waals surface area contributed by atoms with Crippen LogP contribution in [0.15, 0.2) is 41.4 Å². The fourth-order valence-electron chi connectivity index (χ4n) is 2.78. The highest BCUT2D eigenvalue weighted by Crippen LogP contribution is 2.39. The topological polar surface area (TPSA) is 0 Å². The molecule has 0 unspecified atom stereocenters. The Morgan fingerprint density at radius 2 is 1.58 bits per heavy atom. The largest absolute Gasteiger partial charge is 0.144 e. The third-order valence-electron chi connectivity index (χ3n) is 3.73. The molecule has 5 rings (SSSR count). The second-order valence-electron chi connectivity index (χ2n) is 4.84. The van der Waals surface area contributed by atoms with Crippen LogP contribution in [0.2, 0.25) is 0 Å². The normalized spacial score (nSPS) is 13.1. The Kier molecular flexibility index (Phi) is 1.77. The van der Waals surface area contributed by atoms with Gasteiger partial charge in [-0.2, -0.15) is 0 Å². The first-order chi connectivity index (χ1) is 9.38. The molecule has 1 aliphatic carbocycles. The number of hydrogen-bond donors (Lipinski definition) is 0. The smallest absolute Gasteiger partial charge is 0.0362 e. The molecular weight excluding hydrogens is 268 g/mol. The van der Waals surface area contributed by atoms with E-state index in [1.165, 1.54) is 41.4 Å². The Bertz CT molecular complexity index is 1040. The van der Waals surface area contributed by atoms with Gasteiger partial charge in [-0.15, -0.1) is 28.4 Å². The van der Waals surface area contributed by atoms with E-state index in [2.05, 4.69) is 53.6 Å². The van der Waals surface area contributed by atoms with Crippen molar-refractivity contribution in [2.75, 3.05) is 0 Å². The molecule has 0 saturated carbocycles. The average Bonchev–Trinajstić information content (AvgIpc) is 3.10. The van der Waals surface area contributed by atoms with Crippen molar-refractivity contribution < 1.29 is 0 Å². The quantitative estimate of drug-likeness (QED) is 0.308. The summed E-state index contributed by atoms with van der Waals surface area (Å²) in [7, 11) is 0. The maximum absolute atomic E-state index is 3.18. The highest BCUT2D eigenvalue weighted by atomic mass is 32.1. The van der Waals surface area contributed by atoms with Gasteiger partial charge < -0.3 is 0 Å². The monoisotopic (exact) mass is 276 g/mol. The molecule has 0 radical (unpaired) electrons. The molecule has 2 aromatic carbocycles. The summed E-state index contributed by atoms with van der Waals surface area (Å²) in [4.78, 5) is 0. The van der Waals surface area contributed by atoms with Gasteiger partial charge in [-0.3, -0.25) is 0 Å². The summed E-state index contributed by atoms with van der Waals surface area (Å²) < 4.78 is 4.14. The lowest BCUT2D eigenvalue weighted by molar-refractivity contribution is 1.74. The molecule has 0 fully saturated rings. The number of thiophene rings is 2. The molecule has 2 heteroatoms. The SMILES string of the molecule is C1=Cc2cc3sc4cc5ccsc5cc4c3cc2C=1. The van der Waals surface area contributed by atoms with Gasteiger partial charge in [-0.05, 0) is 64.4 Å². The van der Waals surface area contributed by atoms with Crippen molar-refractivity contribution in [3.05, 3.63) is 52.6 Å². The van der Waals surface area contributed by atoms with Crippen molar-refractivity contribution in [3.63, 3.8) is 0 Å². The van der Waals surface area contributed by atoms with Crippen molar-refractivity contribution in [1.29, 1.82) is 0 Å². The van der Waals surface area contributed by atoms with Crippen LogP contribution in [0, 0.1) is 0 Å². The molecule has 19 heavy (non-hydrogen) atoms. The number of hydrogen-bond acceptors (Lipinski definition) is 2. The third-order valence-corrected chi connectivity index (χ3v) is 5.72. The van der Waals surface area contributed by atoms with Gasteiger partial charge in [-0.25, -0.2) is 0 Å². The van der Waals surface area contributed by atoms with Gasteiger partial charge in [0.25, 0.3) is 0 Å². The van der Waals surface area contributed by atoms with Crippen molar-refractivity contribution in [2.24, 2.45) is 0 Å². The molecular formula is C17H8S2. The molecule has 0 amide bonds. The Hall–Kier alpha value is -1.86. The average molecular weight is 276 g/mol. The lowest BCUT2D eigenvalue weighted by atomic mass is 10.1. The number of fused-ring (bicyclic) bond motifs is 5. The molecule has 0 N–H and O–H groups in total. The van der Waals surface area contributed by atoms with E-state index in [0.29, 0.717) is 0 Å². The van der Waals surface area contributed by atoms with E-state index in [1.54, 1.807) is 0 Å². The minimum absolute atomic E-state index is 1.29. The second kappa shape index (κ2) is 3.37. The lowest BCUT2D eigenvalue weighted by Gasteiger charge is -1.98. The second-order valence-corrected chi connectivity index (χ2v) is 6.87. The summed E-state index contributed by atoms with van der Waals surface area (Å²) >= 11 is 3.71. The number of rotatable bonds is 0. The summed E-state index contributed by atoms with van der Waals surface area (Å²) in [6.45, 7) is 0. The highest BCUT2D eigenvalue weighted by Gasteiger charge is 2.10. The van der Waals surface area contributed by atoms with Gasteiger partial charge in [0, 0.05) is 24.9 Å². The molecule has 0 atom stereocenters. The van der Waals surface area contributed by atoms with Gasteiger partial charge in [0.2, 0.25) is 0 Å². The van der Waals surface area contributed by atoms with E-state index < -0.39 is 0 Å². The maximum Gasteiger partial charge on any atom is 0.0362 e. The predicted octanol–water partition coefficient (Wildman–Crippen LogP) is 5.91. The molecule has 2 aromatic heterocycles. The molecule has 0 nitrogen and oxygen atoms in total. The maximum atomic E-state index is 3.18. The first kappa shape index (κ1) is 9.99. The Labute approximate surface area is 117 Å². The van der Waals surface area contributed by atoms with Crippen molar-refractivity contribution in [1.82, 2.24) is 0 Å². The third kappa shape index (κ3) is 1.28. The first-order valence-corrected chi connectivity index (χ1v) is 7.88. The number of benzene rings is 2. The molecule has 0 saturated heterocycles. The van der Waals surface area contributed by atoms with E-state index in [1.807, 2.05) is 22.7 Å². The van der Waals surface area contributed by atoms with Crippen LogP contribution in [-0.4, -0.2) is 0 Å². The summed E-state index contributed by atoms with van der Waals surface area (Å²) in [5.74, 6) is 0. The fraction of sp³-hybridized carbons (Fsp3) is 0. The molecule has 0 bridgehead atoms. The van der Waals surface area contributed by atoms with Crippen LogP contribution in [0.3, 0.4) is 0 Å². The highest BCUT2D eigenvalue weighted by molar-refractivity contribution is 7.26. The zero-order chi connectivity index (χ0) is 12.4. The molecule has 0 aliphatic heterocycles. The van der Waals surface area contributed by atoms with Crippen LogP contribution in [0.4, 0.5) is 0 Å². The van der Waals surface area contributed by atoms with Gasteiger partial charge >= 0.3 is 0 Å². The molecule has 1 aliphatic rings. The first-order valence-electron chi connectivity index (χ1n) is 6.18. The Morgan fingerprint density at radius 1 is 0.789 bits per heavy atom. The Balaban J connectivity index is 2.01. The van der Waals surface area contributed by atoms with Gasteiger partial charge in [-0.1, -0.05) is 0 Å². The van der Waals surface area contributed by atoms with Crippen LogP contribution in [-0.2, 0) is 0 Å². The van der Waals surface area contributed by atoms with E-state index in [4.69, 9.17) is 0 Å². The summed E-state index contributed by atoms with van der Waals surface area (Å²) in [6, 6.07) is 11.5. The fourth-order valence-corrected chi connectivity index (χ4v) is 4.76. The standard InChI is InChI=1S/C17H8S2/c1-2-10-6-13-14-9-15-12(4-5-18-15)8-17(14)19-16(13)7-11(10)3-1/h2-9H. The summed E-state index contributed by atoms with van der Waals surface area (Å²) in [6.07, 6.45) is 4.14. The van der Waals surface area contributed by atoms with Gasteiger partial charge in [0.1, 0.15) is 0 Å². The molecule has 4 aromatic rings. The molecule has 2 heterocycles. The minimum atomic E-state index is 1.29. The lowest BCUT2D eigenvalue weighted by Crippen LogP contribution is -1.76. The molecule has 0 spiro atoms. The van der Waals surface area contributed by atoms with E-state index in [0.717, 1.165) is 0 Å². The van der Waals surface area contributed by atoms with Crippen LogP contribution in [0.5, 0.6) is 0 Å². The van der Waals surface area contributed by atoms with Crippen LogP contribution < -0.4 is 0 Å². The molecule has 88 valence electrons. The van der Waals surface area contributed by atoms with E-state index in [-0.39, 0.29) is 0 Å². The van der Waals surface area contributed by atoms with E-state index in [9.17, 15) is 0 Å². The van der Waals surface area contributed by atoms with Crippen molar-refractivity contribution in [3.8, 4) is 0 Å². The minimum Gasteiger partial charge on any atom is -0.144 e. The Morgan fingerprint density at radius 3 is 2.53 bits per heavy atom. The summed E-state index contributed by atoms with van der Waals surface area (Å²) in [5, 5.41) is 6.29. The van der Waals surface area contributed by atoms with Crippen LogP contribution >= 0.6 is 22.7 Å². The van der Waals surface area contributed by atoms with Crippen LogP contribution in [0.1, 0.15) is 11.1 Å².